The highest BCUT2D eigenvalue weighted by Crippen LogP contribution is 2.40. The molecule has 0 aliphatic carbocycles. The number of nitrogens with zero attached hydrogens (tertiary/aromatic N) is 2. The normalized spacial score (nSPS) is 15.1. The Kier molecular flexibility index (Phi) is 6.47. The molecule has 0 unspecified atom stereocenters. The van der Waals surface area contributed by atoms with Crippen LogP contribution in [0, 0.1) is 0 Å². The van der Waals surface area contributed by atoms with E-state index < -0.39 is 0 Å². The van der Waals surface area contributed by atoms with E-state index >= 15 is 0 Å². The van der Waals surface area contributed by atoms with Gasteiger partial charge in [-0.05, 0) is 42.0 Å². The van der Waals surface area contributed by atoms with E-state index in [1.54, 1.807) is 30.3 Å². The predicted molar refractivity (Wildman–Crippen MR) is 133 cm³/mol. The number of aromatic amines is 1. The highest BCUT2D eigenvalue weighted by molar-refractivity contribution is 8.26. The monoisotopic (exact) mass is 481 g/mol. The van der Waals surface area contributed by atoms with Crippen molar-refractivity contribution in [1.29, 1.82) is 0 Å². The Labute approximate surface area is 198 Å². The average Bonchev–Trinajstić information content (AvgIpc) is 3.08. The van der Waals surface area contributed by atoms with E-state index in [9.17, 15) is 9.59 Å². The van der Waals surface area contributed by atoms with E-state index in [1.807, 2.05) is 12.1 Å². The molecule has 2 aromatic carbocycles. The fourth-order valence-corrected chi connectivity index (χ4v) is 4.47. The molecular weight excluding hydrogens is 462 g/mol. The van der Waals surface area contributed by atoms with Crippen molar-refractivity contribution in [3.8, 4) is 17.2 Å². The second kappa shape index (κ2) is 9.47. The van der Waals surface area contributed by atoms with Gasteiger partial charge >= 0.3 is 0 Å². The van der Waals surface area contributed by atoms with E-state index in [2.05, 4.69) is 9.97 Å². The number of amides is 1. The lowest BCUT2D eigenvalue weighted by molar-refractivity contribution is -0.120. The van der Waals surface area contributed by atoms with Gasteiger partial charge in [0, 0.05) is 6.20 Å². The minimum Gasteiger partial charge on any atom is -0.493 e. The first-order valence-corrected chi connectivity index (χ1v) is 10.9. The summed E-state index contributed by atoms with van der Waals surface area (Å²) in [7, 11) is 4.56. The van der Waals surface area contributed by atoms with Crippen LogP contribution in [0.25, 0.3) is 23.2 Å². The summed E-state index contributed by atoms with van der Waals surface area (Å²) in [6.45, 7) is 0. The maximum Gasteiger partial charge on any atom is 0.274 e. The largest absolute Gasteiger partial charge is 0.493 e. The second-order valence-electron chi connectivity index (χ2n) is 6.79. The molecule has 0 spiro atoms. The van der Waals surface area contributed by atoms with Crippen LogP contribution < -0.4 is 19.8 Å². The van der Waals surface area contributed by atoms with Gasteiger partial charge in [-0.25, -0.2) is 4.98 Å². The van der Waals surface area contributed by atoms with Crippen molar-refractivity contribution in [3.05, 3.63) is 69.1 Å². The maximum atomic E-state index is 13.0. The van der Waals surface area contributed by atoms with Crippen molar-refractivity contribution in [2.75, 3.05) is 21.3 Å². The van der Waals surface area contributed by atoms with Crippen LogP contribution in [0.4, 0.5) is 0 Å². The van der Waals surface area contributed by atoms with Gasteiger partial charge in [0.15, 0.2) is 15.8 Å². The van der Waals surface area contributed by atoms with Gasteiger partial charge in [-0.15, -0.1) is 0 Å². The molecule has 1 saturated heterocycles. The molecule has 10 heteroatoms. The van der Waals surface area contributed by atoms with Crippen LogP contribution in [-0.4, -0.2) is 46.4 Å². The smallest absolute Gasteiger partial charge is 0.274 e. The molecule has 1 amide bonds. The lowest BCUT2D eigenvalue weighted by Crippen LogP contribution is -2.22. The summed E-state index contributed by atoms with van der Waals surface area (Å²) in [6, 6.07) is 10.7. The first-order valence-electron chi connectivity index (χ1n) is 9.69. The number of H-pyrrole nitrogens is 1. The van der Waals surface area contributed by atoms with Crippen molar-refractivity contribution in [2.24, 2.45) is 0 Å². The zero-order chi connectivity index (χ0) is 23.5. The molecule has 0 radical (unpaired) electrons. The summed E-state index contributed by atoms with van der Waals surface area (Å²) < 4.78 is 16.4. The molecule has 1 N–H and O–H groups in total. The Hall–Kier alpha value is -3.63. The van der Waals surface area contributed by atoms with E-state index in [-0.39, 0.29) is 17.2 Å². The number of methoxy groups -OCH3 is 3. The number of aromatic nitrogens is 2. The number of carbonyl (C=O) groups excluding carboxylic acids is 1. The second-order valence-corrected chi connectivity index (χ2v) is 8.47. The molecule has 168 valence electrons. The highest BCUT2D eigenvalue weighted by Gasteiger charge is 2.30. The molecule has 2 heterocycles. The summed E-state index contributed by atoms with van der Waals surface area (Å²) in [5, 5.41) is 0. The maximum absolute atomic E-state index is 13.0. The fourth-order valence-electron chi connectivity index (χ4n) is 3.25. The number of hydrogen-bond donors (Lipinski definition) is 1. The number of ether oxygens (including phenoxy) is 3. The number of thiocarbonyl (C=S) groups is 1. The number of fused-ring (bicyclic) bond motifs is 1. The Morgan fingerprint density at radius 2 is 1.76 bits per heavy atom. The number of para-hydroxylation sites is 2. The summed E-state index contributed by atoms with van der Waals surface area (Å²) in [5.74, 6) is 1.09. The van der Waals surface area contributed by atoms with Gasteiger partial charge < -0.3 is 19.2 Å². The minimum atomic E-state index is -0.358. The van der Waals surface area contributed by atoms with Crippen LogP contribution in [0.15, 0.2) is 52.3 Å². The summed E-state index contributed by atoms with van der Waals surface area (Å²) >= 11 is 6.53. The van der Waals surface area contributed by atoms with Gasteiger partial charge in [0.2, 0.25) is 5.75 Å². The number of carbonyl (C=O) groups is 1. The Morgan fingerprint density at radius 3 is 2.42 bits per heavy atom. The quantitative estimate of drug-likeness (QED) is 0.420. The van der Waals surface area contributed by atoms with Crippen LogP contribution in [0.1, 0.15) is 11.3 Å². The predicted octanol–water partition coefficient (Wildman–Crippen LogP) is 3.82. The number of thioether (sulfide) groups is 1. The van der Waals surface area contributed by atoms with Crippen molar-refractivity contribution < 1.29 is 19.0 Å². The van der Waals surface area contributed by atoms with E-state index in [1.165, 1.54) is 38.5 Å². The molecule has 1 aliphatic rings. The first kappa shape index (κ1) is 22.6. The van der Waals surface area contributed by atoms with Gasteiger partial charge in [-0.3, -0.25) is 14.5 Å². The van der Waals surface area contributed by atoms with E-state index in [0.29, 0.717) is 43.1 Å². The zero-order valence-corrected chi connectivity index (χ0v) is 19.6. The third-order valence-electron chi connectivity index (χ3n) is 4.82. The van der Waals surface area contributed by atoms with Crippen molar-refractivity contribution >= 4 is 57.4 Å². The van der Waals surface area contributed by atoms with E-state index in [0.717, 1.165) is 11.8 Å². The summed E-state index contributed by atoms with van der Waals surface area (Å²) in [4.78, 5) is 34.1. The van der Waals surface area contributed by atoms with Crippen molar-refractivity contribution in [3.63, 3.8) is 0 Å². The zero-order valence-electron chi connectivity index (χ0n) is 17.9. The lowest BCUT2D eigenvalue weighted by atomic mass is 10.1. The standard InChI is InChI=1S/C23H19N3O5S2/c1-29-17-10-13(11-18(30-2)20(17)31-3)12-19-22(28)26(23(32)33-19)9-8-16-21(27)25-15-7-5-4-6-14(15)24-16/h4-12H,1-3H3,(H,25,27). The van der Waals surface area contributed by atoms with Gasteiger partial charge in [-0.1, -0.05) is 36.1 Å². The molecular formula is C23H19N3O5S2. The van der Waals surface area contributed by atoms with Crippen LogP contribution >= 0.6 is 24.0 Å². The minimum absolute atomic E-state index is 0.177. The molecule has 4 rings (SSSR count). The van der Waals surface area contributed by atoms with Crippen molar-refractivity contribution in [2.45, 2.75) is 0 Å². The molecule has 0 bridgehead atoms. The van der Waals surface area contributed by atoms with Crippen LogP contribution in [-0.2, 0) is 4.79 Å². The lowest BCUT2D eigenvalue weighted by Gasteiger charge is -2.13. The number of nitrogens with one attached hydrogen (secondary N) is 1. The molecule has 1 aliphatic heterocycles. The Morgan fingerprint density at radius 1 is 1.06 bits per heavy atom. The SMILES string of the molecule is COc1cc(C=C2SC(=S)N(C=Cc3nc4ccccc4[nH]c3=O)C2=O)cc(OC)c1OC. The van der Waals surface area contributed by atoms with Crippen LogP contribution in [0.2, 0.25) is 0 Å². The molecule has 0 atom stereocenters. The third-order valence-corrected chi connectivity index (χ3v) is 6.15. The van der Waals surface area contributed by atoms with Gasteiger partial charge in [0.05, 0.1) is 37.3 Å². The van der Waals surface area contributed by atoms with Crippen LogP contribution in [0.5, 0.6) is 17.2 Å². The average molecular weight is 482 g/mol. The van der Waals surface area contributed by atoms with Gasteiger partial charge in [0.25, 0.3) is 11.5 Å². The highest BCUT2D eigenvalue weighted by atomic mass is 32.2. The number of rotatable bonds is 6. The Bertz CT molecular complexity index is 1360. The number of benzene rings is 2. The van der Waals surface area contributed by atoms with Gasteiger partial charge in [0.1, 0.15) is 5.69 Å². The molecule has 8 nitrogen and oxygen atoms in total. The van der Waals surface area contributed by atoms with E-state index in [4.69, 9.17) is 26.4 Å². The number of hydrogen-bond acceptors (Lipinski definition) is 8. The third kappa shape index (κ3) is 4.48. The summed E-state index contributed by atoms with van der Waals surface area (Å²) in [5.41, 5.74) is 1.78. The van der Waals surface area contributed by atoms with Crippen molar-refractivity contribution in [1.82, 2.24) is 14.9 Å². The Balaban J connectivity index is 1.63. The molecule has 3 aromatic rings. The fraction of sp³-hybridized carbons (Fsp3) is 0.130. The topological polar surface area (TPSA) is 93.8 Å². The van der Waals surface area contributed by atoms with Crippen LogP contribution in [0.3, 0.4) is 0 Å². The summed E-state index contributed by atoms with van der Waals surface area (Å²) in [6.07, 6.45) is 4.62. The molecule has 1 fully saturated rings. The first-order chi connectivity index (χ1) is 15.9. The molecule has 1 aromatic heterocycles. The molecule has 33 heavy (non-hydrogen) atoms. The van der Waals surface area contributed by atoms with Gasteiger partial charge in [-0.2, -0.15) is 0 Å². The molecule has 0 saturated carbocycles.